The molecule has 2 aliphatic rings. The topological polar surface area (TPSA) is 95.4 Å². The molecule has 0 spiro atoms. The van der Waals surface area contributed by atoms with Gasteiger partial charge in [-0.2, -0.15) is 0 Å². The van der Waals surface area contributed by atoms with E-state index in [2.05, 4.69) is 20.9 Å². The number of hydrogen-bond acceptors (Lipinski definition) is 4. The number of aromatic nitrogens is 3. The Balaban J connectivity index is 1.46. The Morgan fingerprint density at radius 3 is 2.96 bits per heavy atom. The van der Waals surface area contributed by atoms with Crippen LogP contribution in [0.1, 0.15) is 18.9 Å². The molecule has 2 saturated heterocycles. The molecule has 3 heterocycles. The Kier molecular flexibility index (Phi) is 4.61. The minimum Gasteiger partial charge on any atom is -0.336 e. The van der Waals surface area contributed by atoms with E-state index in [0.29, 0.717) is 31.9 Å². The highest BCUT2D eigenvalue weighted by Crippen LogP contribution is 2.26. The first kappa shape index (κ1) is 17.3. The van der Waals surface area contributed by atoms with Gasteiger partial charge in [0.25, 0.3) is 0 Å². The van der Waals surface area contributed by atoms with E-state index < -0.39 is 5.82 Å². The lowest BCUT2D eigenvalue weighted by Gasteiger charge is -2.32. The average Bonchev–Trinajstić information content (AvgIpc) is 3.35. The van der Waals surface area contributed by atoms with E-state index in [4.69, 9.17) is 0 Å². The molecule has 4 amide bonds. The van der Waals surface area contributed by atoms with Crippen molar-refractivity contribution in [3.63, 3.8) is 0 Å². The van der Waals surface area contributed by atoms with Crippen LogP contribution in [-0.4, -0.2) is 58.1 Å². The van der Waals surface area contributed by atoms with E-state index in [-0.39, 0.29) is 23.8 Å². The highest BCUT2D eigenvalue weighted by atomic mass is 19.1. The second-order valence-corrected chi connectivity index (χ2v) is 6.60. The lowest BCUT2D eigenvalue weighted by molar-refractivity contribution is 0.174. The molecular formula is C17H20FN7O2. The number of amides is 4. The number of carbonyl (C=O) groups is 2. The Labute approximate surface area is 155 Å². The molecule has 0 bridgehead atoms. The van der Waals surface area contributed by atoms with E-state index in [9.17, 15) is 14.0 Å². The quantitative estimate of drug-likeness (QED) is 0.858. The predicted molar refractivity (Wildman–Crippen MR) is 96.0 cm³/mol. The Hall–Kier alpha value is -3.17. The summed E-state index contributed by atoms with van der Waals surface area (Å²) in [5, 5.41) is 13.1. The summed E-state index contributed by atoms with van der Waals surface area (Å²) >= 11 is 0. The van der Waals surface area contributed by atoms with Crippen molar-refractivity contribution in [3.05, 3.63) is 36.4 Å². The van der Waals surface area contributed by atoms with Gasteiger partial charge in [0.05, 0.1) is 17.9 Å². The van der Waals surface area contributed by atoms with Crippen LogP contribution in [0.15, 0.2) is 30.6 Å². The lowest BCUT2D eigenvalue weighted by atomic mass is 10.1. The van der Waals surface area contributed by atoms with Crippen LogP contribution in [0.25, 0.3) is 0 Å². The summed E-state index contributed by atoms with van der Waals surface area (Å²) < 4.78 is 15.9. The van der Waals surface area contributed by atoms with E-state index in [1.54, 1.807) is 22.0 Å². The molecule has 10 heteroatoms. The van der Waals surface area contributed by atoms with Crippen LogP contribution in [0, 0.1) is 5.82 Å². The van der Waals surface area contributed by atoms with E-state index in [1.165, 1.54) is 23.1 Å². The Morgan fingerprint density at radius 1 is 1.33 bits per heavy atom. The Morgan fingerprint density at radius 2 is 2.22 bits per heavy atom. The second kappa shape index (κ2) is 7.22. The van der Waals surface area contributed by atoms with Crippen LogP contribution >= 0.6 is 0 Å². The fourth-order valence-corrected chi connectivity index (χ4v) is 3.46. The molecule has 1 atom stereocenters. The minimum absolute atomic E-state index is 0.0523. The number of nitrogens with zero attached hydrogens (tertiary/aromatic N) is 5. The maximum absolute atomic E-state index is 14.2. The van der Waals surface area contributed by atoms with Crippen molar-refractivity contribution in [1.29, 1.82) is 0 Å². The zero-order valence-electron chi connectivity index (χ0n) is 14.6. The average molecular weight is 373 g/mol. The van der Waals surface area contributed by atoms with Crippen molar-refractivity contribution in [2.45, 2.75) is 18.9 Å². The van der Waals surface area contributed by atoms with Crippen molar-refractivity contribution < 1.29 is 14.0 Å². The van der Waals surface area contributed by atoms with Gasteiger partial charge >= 0.3 is 12.1 Å². The standard InChI is InChI=1S/C17H20FN7O2/c18-14-4-3-12(24-8-5-19-16(24)26)10-15(14)21-17(27)23-7-1-2-13(11-23)25-9-6-20-22-25/h3-4,6,9-10,13H,1-2,5,7-8,11H2,(H,19,26)(H,21,27). The van der Waals surface area contributed by atoms with Crippen molar-refractivity contribution in [2.75, 3.05) is 36.4 Å². The van der Waals surface area contributed by atoms with Gasteiger partial charge in [-0.1, -0.05) is 5.21 Å². The van der Waals surface area contributed by atoms with Crippen molar-refractivity contribution in [3.8, 4) is 0 Å². The van der Waals surface area contributed by atoms with Crippen LogP contribution in [0.3, 0.4) is 0 Å². The monoisotopic (exact) mass is 373 g/mol. The number of nitrogens with one attached hydrogen (secondary N) is 2. The number of carbonyl (C=O) groups excluding carboxylic acids is 2. The van der Waals surface area contributed by atoms with Gasteiger partial charge in [0.15, 0.2) is 0 Å². The van der Waals surface area contributed by atoms with Crippen LogP contribution in [0.4, 0.5) is 25.4 Å². The van der Waals surface area contributed by atoms with Crippen LogP contribution in [0.2, 0.25) is 0 Å². The van der Waals surface area contributed by atoms with Gasteiger partial charge in [0.1, 0.15) is 5.82 Å². The van der Waals surface area contributed by atoms with E-state index in [0.717, 1.165) is 12.8 Å². The summed E-state index contributed by atoms with van der Waals surface area (Å²) in [5.74, 6) is -0.545. The van der Waals surface area contributed by atoms with Crippen molar-refractivity contribution >= 4 is 23.4 Å². The fraction of sp³-hybridized carbons (Fsp3) is 0.412. The fourth-order valence-electron chi connectivity index (χ4n) is 3.46. The predicted octanol–water partition coefficient (Wildman–Crippen LogP) is 1.82. The second-order valence-electron chi connectivity index (χ2n) is 6.60. The van der Waals surface area contributed by atoms with Gasteiger partial charge < -0.3 is 15.5 Å². The summed E-state index contributed by atoms with van der Waals surface area (Å²) in [6.07, 6.45) is 5.11. The molecule has 2 aromatic rings. The largest absolute Gasteiger partial charge is 0.336 e. The number of likely N-dealkylation sites (tertiary alicyclic amines) is 1. The number of halogens is 1. The molecular weight excluding hydrogens is 353 g/mol. The third kappa shape index (κ3) is 3.55. The number of benzene rings is 1. The zero-order chi connectivity index (χ0) is 18.8. The number of urea groups is 2. The number of hydrogen-bond donors (Lipinski definition) is 2. The highest BCUT2D eigenvalue weighted by molar-refractivity contribution is 5.96. The number of rotatable bonds is 3. The van der Waals surface area contributed by atoms with Crippen LogP contribution < -0.4 is 15.5 Å². The zero-order valence-corrected chi connectivity index (χ0v) is 14.6. The molecule has 4 rings (SSSR count). The molecule has 0 aliphatic carbocycles. The molecule has 0 radical (unpaired) electrons. The van der Waals surface area contributed by atoms with Gasteiger partial charge in [-0.25, -0.2) is 18.7 Å². The first-order chi connectivity index (χ1) is 13.1. The lowest BCUT2D eigenvalue weighted by Crippen LogP contribution is -2.43. The maximum Gasteiger partial charge on any atom is 0.321 e. The molecule has 1 aromatic heterocycles. The first-order valence-corrected chi connectivity index (χ1v) is 8.88. The molecule has 27 heavy (non-hydrogen) atoms. The number of piperidine rings is 1. The van der Waals surface area contributed by atoms with Gasteiger partial charge in [0.2, 0.25) is 0 Å². The van der Waals surface area contributed by atoms with Crippen LogP contribution in [-0.2, 0) is 0 Å². The third-order valence-corrected chi connectivity index (χ3v) is 4.86. The van der Waals surface area contributed by atoms with Gasteiger partial charge in [-0.3, -0.25) is 4.90 Å². The SMILES string of the molecule is O=C(Nc1cc(N2CCNC2=O)ccc1F)N1CCCC(n2ccnn2)C1. The van der Waals surface area contributed by atoms with Crippen molar-refractivity contribution in [2.24, 2.45) is 0 Å². The molecule has 9 nitrogen and oxygen atoms in total. The molecule has 2 fully saturated rings. The summed E-state index contributed by atoms with van der Waals surface area (Å²) in [4.78, 5) is 27.6. The van der Waals surface area contributed by atoms with Crippen LogP contribution in [0.5, 0.6) is 0 Å². The summed E-state index contributed by atoms with van der Waals surface area (Å²) in [6, 6.07) is 3.71. The van der Waals surface area contributed by atoms with E-state index >= 15 is 0 Å². The third-order valence-electron chi connectivity index (χ3n) is 4.86. The summed E-state index contributed by atoms with van der Waals surface area (Å²) in [7, 11) is 0. The number of anilines is 2. The maximum atomic E-state index is 14.2. The molecule has 142 valence electrons. The first-order valence-electron chi connectivity index (χ1n) is 8.88. The van der Waals surface area contributed by atoms with Gasteiger partial charge in [-0.15, -0.1) is 5.10 Å². The molecule has 1 unspecified atom stereocenters. The van der Waals surface area contributed by atoms with Crippen molar-refractivity contribution in [1.82, 2.24) is 25.2 Å². The summed E-state index contributed by atoms with van der Waals surface area (Å²) in [5.41, 5.74) is 0.598. The normalized spacial score (nSPS) is 19.9. The molecule has 1 aromatic carbocycles. The Bertz CT molecular complexity index is 842. The smallest absolute Gasteiger partial charge is 0.321 e. The van der Waals surface area contributed by atoms with Gasteiger partial charge in [0, 0.05) is 38.1 Å². The minimum atomic E-state index is -0.545. The molecule has 2 aliphatic heterocycles. The summed E-state index contributed by atoms with van der Waals surface area (Å²) in [6.45, 7) is 2.11. The highest BCUT2D eigenvalue weighted by Gasteiger charge is 2.26. The van der Waals surface area contributed by atoms with E-state index in [1.807, 2.05) is 0 Å². The van der Waals surface area contributed by atoms with Gasteiger partial charge in [-0.05, 0) is 31.0 Å². The molecule has 2 N–H and O–H groups in total. The molecule has 0 saturated carbocycles.